The van der Waals surface area contributed by atoms with Crippen molar-refractivity contribution in [2.45, 2.75) is 56.8 Å². The van der Waals surface area contributed by atoms with Crippen LogP contribution < -0.4 is 5.32 Å². The van der Waals surface area contributed by atoms with Crippen LogP contribution in [0.25, 0.3) is 0 Å². The fourth-order valence-corrected chi connectivity index (χ4v) is 5.19. The minimum atomic E-state index is -1.28. The molecule has 3 rings (SSSR count). The maximum atomic E-state index is 12.3. The number of benzene rings is 1. The molecule has 164 valence electrons. The van der Waals surface area contributed by atoms with Crippen molar-refractivity contribution in [2.24, 2.45) is 11.8 Å². The number of hydrogen-bond acceptors (Lipinski definition) is 4. The molecule has 2 aliphatic rings. The van der Waals surface area contributed by atoms with Crippen molar-refractivity contribution < 1.29 is 24.2 Å². The second kappa shape index (κ2) is 9.50. The van der Waals surface area contributed by atoms with Crippen LogP contribution in [0.4, 0.5) is 0 Å². The van der Waals surface area contributed by atoms with Crippen molar-refractivity contribution in [2.75, 3.05) is 13.2 Å². The molecular weight excluding hydrogens is 406 g/mol. The summed E-state index contributed by atoms with van der Waals surface area (Å²) in [5.41, 5.74) is -0.346. The molecule has 1 heterocycles. The van der Waals surface area contributed by atoms with Crippen LogP contribution in [0, 0.1) is 11.8 Å². The smallest absolute Gasteiger partial charge is 0.329 e. The molecular formula is C23H30ClNO5. The first-order valence-electron chi connectivity index (χ1n) is 10.5. The van der Waals surface area contributed by atoms with E-state index < -0.39 is 17.3 Å². The minimum Gasteiger partial charge on any atom is -0.479 e. The van der Waals surface area contributed by atoms with Crippen LogP contribution >= 0.6 is 11.6 Å². The first kappa shape index (κ1) is 22.8. The fraction of sp³-hybridized carbons (Fsp3) is 0.565. The summed E-state index contributed by atoms with van der Waals surface area (Å²) >= 11 is 6.05. The SMILES string of the molecule is C=CCCC(NC(C)=O)(C(=O)O)[C@H]1CC[C@@H](C2(c3ccc(Cl)cc3)OCCO2)CC1. The summed E-state index contributed by atoms with van der Waals surface area (Å²) in [6, 6.07) is 7.53. The van der Waals surface area contributed by atoms with E-state index in [1.165, 1.54) is 6.92 Å². The molecule has 0 bridgehead atoms. The molecule has 7 heteroatoms. The van der Waals surface area contributed by atoms with Crippen molar-refractivity contribution in [1.29, 1.82) is 0 Å². The van der Waals surface area contributed by atoms with Gasteiger partial charge in [0.25, 0.3) is 0 Å². The van der Waals surface area contributed by atoms with Gasteiger partial charge in [-0.25, -0.2) is 4.79 Å². The fourth-order valence-electron chi connectivity index (χ4n) is 5.06. The van der Waals surface area contributed by atoms with E-state index in [2.05, 4.69) is 11.9 Å². The number of carboxylic acid groups (broad SMARTS) is 1. The molecule has 2 fully saturated rings. The molecule has 1 saturated carbocycles. The number of carbonyl (C=O) groups is 2. The Labute approximate surface area is 182 Å². The lowest BCUT2D eigenvalue weighted by atomic mass is 9.67. The van der Waals surface area contributed by atoms with E-state index in [4.69, 9.17) is 21.1 Å². The summed E-state index contributed by atoms with van der Waals surface area (Å²) < 4.78 is 12.3. The maximum Gasteiger partial charge on any atom is 0.329 e. The molecule has 1 saturated heterocycles. The number of aliphatic carboxylic acids is 1. The third-order valence-corrected chi connectivity index (χ3v) is 6.70. The van der Waals surface area contributed by atoms with E-state index in [0.29, 0.717) is 43.9 Å². The van der Waals surface area contributed by atoms with Crippen LogP contribution in [0.1, 0.15) is 51.0 Å². The molecule has 1 aromatic rings. The molecule has 1 unspecified atom stereocenters. The van der Waals surface area contributed by atoms with E-state index in [0.717, 1.165) is 18.4 Å². The van der Waals surface area contributed by atoms with Crippen LogP contribution in [0.3, 0.4) is 0 Å². The monoisotopic (exact) mass is 435 g/mol. The lowest BCUT2D eigenvalue weighted by molar-refractivity contribution is -0.214. The summed E-state index contributed by atoms with van der Waals surface area (Å²) in [7, 11) is 0. The van der Waals surface area contributed by atoms with Gasteiger partial charge < -0.3 is 19.9 Å². The highest BCUT2D eigenvalue weighted by Crippen LogP contribution is 2.48. The number of hydrogen-bond donors (Lipinski definition) is 2. The van der Waals surface area contributed by atoms with Crippen molar-refractivity contribution in [3.63, 3.8) is 0 Å². The third kappa shape index (κ3) is 4.41. The first-order chi connectivity index (χ1) is 14.3. The first-order valence-corrected chi connectivity index (χ1v) is 10.9. The second-order valence-electron chi connectivity index (χ2n) is 8.20. The molecule has 30 heavy (non-hydrogen) atoms. The lowest BCUT2D eigenvalue weighted by Gasteiger charge is -2.45. The molecule has 0 aromatic heterocycles. The second-order valence-corrected chi connectivity index (χ2v) is 8.64. The summed E-state index contributed by atoms with van der Waals surface area (Å²) in [5.74, 6) is -2.21. The predicted molar refractivity (Wildman–Crippen MR) is 114 cm³/mol. The van der Waals surface area contributed by atoms with Crippen molar-refractivity contribution in [3.05, 3.63) is 47.5 Å². The van der Waals surface area contributed by atoms with E-state index >= 15 is 0 Å². The maximum absolute atomic E-state index is 12.3. The summed E-state index contributed by atoms with van der Waals surface area (Å²) in [4.78, 5) is 24.2. The zero-order valence-corrected chi connectivity index (χ0v) is 18.1. The number of ether oxygens (including phenoxy) is 2. The van der Waals surface area contributed by atoms with Gasteiger partial charge in [-0.05, 0) is 56.6 Å². The third-order valence-electron chi connectivity index (χ3n) is 6.45. The van der Waals surface area contributed by atoms with Crippen LogP contribution in [0.2, 0.25) is 5.02 Å². The predicted octanol–water partition coefficient (Wildman–Crippen LogP) is 4.27. The molecule has 1 aliphatic carbocycles. The quantitative estimate of drug-likeness (QED) is 0.595. The Hall–Kier alpha value is -1.89. The summed E-state index contributed by atoms with van der Waals surface area (Å²) in [6.45, 7) is 6.12. The van der Waals surface area contributed by atoms with Gasteiger partial charge in [0.15, 0.2) is 5.79 Å². The number of amides is 1. The zero-order valence-electron chi connectivity index (χ0n) is 17.4. The molecule has 1 atom stereocenters. The number of nitrogens with one attached hydrogen (secondary N) is 1. The normalized spacial score (nSPS) is 25.3. The molecule has 6 nitrogen and oxygen atoms in total. The van der Waals surface area contributed by atoms with Gasteiger partial charge in [0, 0.05) is 23.4 Å². The zero-order chi connectivity index (χ0) is 21.8. The molecule has 0 radical (unpaired) electrons. The number of rotatable bonds is 8. The van der Waals surface area contributed by atoms with Gasteiger partial charge in [-0.3, -0.25) is 4.79 Å². The van der Waals surface area contributed by atoms with Gasteiger partial charge >= 0.3 is 5.97 Å². The number of halogens is 1. The standard InChI is InChI=1S/C23H30ClNO5/c1-3-4-13-22(21(27)28,25-16(2)26)17-5-7-18(8-6-17)23(29-14-15-30-23)19-9-11-20(24)12-10-19/h3,9-12,17-18H,1,4-8,13-15H2,2H3,(H,25,26)(H,27,28)/t17-,18+,22?. The van der Waals surface area contributed by atoms with Crippen LogP contribution in [-0.2, 0) is 24.8 Å². The number of carbonyl (C=O) groups excluding carboxylic acids is 1. The minimum absolute atomic E-state index is 0.0978. The van der Waals surface area contributed by atoms with Crippen LogP contribution in [0.15, 0.2) is 36.9 Å². The lowest BCUT2D eigenvalue weighted by Crippen LogP contribution is -2.60. The van der Waals surface area contributed by atoms with Gasteiger partial charge in [-0.1, -0.05) is 29.8 Å². The van der Waals surface area contributed by atoms with Crippen LogP contribution in [0.5, 0.6) is 0 Å². The van der Waals surface area contributed by atoms with Gasteiger partial charge in [-0.15, -0.1) is 6.58 Å². The van der Waals surface area contributed by atoms with E-state index in [-0.39, 0.29) is 17.7 Å². The Kier molecular flexibility index (Phi) is 7.22. The van der Waals surface area contributed by atoms with E-state index in [1.807, 2.05) is 24.3 Å². The van der Waals surface area contributed by atoms with Gasteiger partial charge in [0.05, 0.1) is 13.2 Å². The Morgan fingerprint density at radius 3 is 2.33 bits per heavy atom. The van der Waals surface area contributed by atoms with Gasteiger partial charge in [0.2, 0.25) is 5.91 Å². The van der Waals surface area contributed by atoms with Crippen molar-refractivity contribution >= 4 is 23.5 Å². The average Bonchev–Trinajstić information content (AvgIpc) is 3.22. The number of carboxylic acids is 1. The average molecular weight is 436 g/mol. The molecule has 0 spiro atoms. The highest BCUT2D eigenvalue weighted by atomic mass is 35.5. The van der Waals surface area contributed by atoms with Gasteiger partial charge in [0.1, 0.15) is 5.54 Å². The molecule has 2 N–H and O–H groups in total. The molecule has 1 amide bonds. The Bertz CT molecular complexity index is 766. The Balaban J connectivity index is 1.81. The van der Waals surface area contributed by atoms with E-state index in [9.17, 15) is 14.7 Å². The highest BCUT2D eigenvalue weighted by molar-refractivity contribution is 6.30. The molecule has 1 aromatic carbocycles. The highest BCUT2D eigenvalue weighted by Gasteiger charge is 2.52. The number of allylic oxidation sites excluding steroid dienone is 1. The largest absolute Gasteiger partial charge is 0.479 e. The Morgan fingerprint density at radius 2 is 1.83 bits per heavy atom. The van der Waals surface area contributed by atoms with Gasteiger partial charge in [-0.2, -0.15) is 0 Å². The molecule has 1 aliphatic heterocycles. The van der Waals surface area contributed by atoms with E-state index in [1.54, 1.807) is 6.08 Å². The topological polar surface area (TPSA) is 84.9 Å². The van der Waals surface area contributed by atoms with Crippen molar-refractivity contribution in [1.82, 2.24) is 5.32 Å². The van der Waals surface area contributed by atoms with Crippen LogP contribution in [-0.4, -0.2) is 35.7 Å². The summed E-state index contributed by atoms with van der Waals surface area (Å²) in [6.07, 6.45) is 5.36. The van der Waals surface area contributed by atoms with Crippen molar-refractivity contribution in [3.8, 4) is 0 Å². The Morgan fingerprint density at radius 1 is 1.23 bits per heavy atom. The summed E-state index contributed by atoms with van der Waals surface area (Å²) in [5, 5.41) is 13.5.